The fourth-order valence-corrected chi connectivity index (χ4v) is 11.2. The van der Waals surface area contributed by atoms with Gasteiger partial charge in [0.15, 0.2) is 16.9 Å². The third kappa shape index (κ3) is 19.6. The van der Waals surface area contributed by atoms with Gasteiger partial charge < -0.3 is 41.0 Å². The number of nitrogens with one attached hydrogen (secondary N) is 1. The number of aromatic nitrogens is 9. The molecule has 0 unspecified atom stereocenters. The van der Waals surface area contributed by atoms with Crippen molar-refractivity contribution in [1.29, 1.82) is 0 Å². The third-order valence-corrected chi connectivity index (χ3v) is 16.7. The molecule has 12 rings (SSSR count). The van der Waals surface area contributed by atoms with Gasteiger partial charge in [0, 0.05) is 133 Å². The fourth-order valence-electron chi connectivity index (χ4n) is 10.6. The van der Waals surface area contributed by atoms with E-state index < -0.39 is 0 Å². The van der Waals surface area contributed by atoms with E-state index in [2.05, 4.69) is 40.2 Å². The van der Waals surface area contributed by atoms with Crippen molar-refractivity contribution in [2.75, 3.05) is 79.5 Å². The number of aryl methyl sites for hydroxylation is 3. The number of amides is 3. The number of fused-ring (bicyclic) bond motifs is 3. The van der Waals surface area contributed by atoms with Crippen LogP contribution in [0.4, 0.5) is 30.2 Å². The van der Waals surface area contributed by atoms with Gasteiger partial charge >= 0.3 is 103 Å². The van der Waals surface area contributed by atoms with Gasteiger partial charge in [-0.3, -0.25) is 29.0 Å². The first kappa shape index (κ1) is 75.0. The number of aromatic amines is 1. The van der Waals surface area contributed by atoms with Gasteiger partial charge in [-0.05, 0) is 131 Å². The number of H-pyrrole nitrogens is 1. The summed E-state index contributed by atoms with van der Waals surface area (Å²) in [6, 6.07) is 20.6. The van der Waals surface area contributed by atoms with Crippen molar-refractivity contribution in [3.8, 4) is 0 Å². The Balaban J connectivity index is 0.000000226. The van der Waals surface area contributed by atoms with Crippen LogP contribution < -0.4 is 123 Å². The van der Waals surface area contributed by atoms with E-state index in [1.54, 1.807) is 63.4 Å². The van der Waals surface area contributed by atoms with Gasteiger partial charge in [-0.15, -0.1) is 11.6 Å². The fraction of sp³-hybridized carbons (Fsp3) is 0.344. The number of anilines is 3. The number of carbonyl (C=O) groups is 4. The molecule has 3 atom stereocenters. The molecule has 30 heteroatoms. The molecule has 3 saturated heterocycles. The van der Waals surface area contributed by atoms with Gasteiger partial charge in [0.1, 0.15) is 36.4 Å². The van der Waals surface area contributed by atoms with Crippen molar-refractivity contribution in [2.24, 2.45) is 0 Å². The smallest absolute Gasteiger partial charge is 1.00 e. The first-order valence-electron chi connectivity index (χ1n) is 28.3. The van der Waals surface area contributed by atoms with Crippen LogP contribution in [0.3, 0.4) is 0 Å². The van der Waals surface area contributed by atoms with Crippen molar-refractivity contribution in [1.82, 2.24) is 59.4 Å². The number of hydrogen-bond acceptors (Lipinski definition) is 15. The Morgan fingerprint density at radius 2 is 1.05 bits per heavy atom. The maximum Gasteiger partial charge on any atom is 1.00 e. The second-order valence-electron chi connectivity index (χ2n) is 21.4. The number of pyridine rings is 3. The van der Waals surface area contributed by atoms with E-state index in [-0.39, 0.29) is 183 Å². The Morgan fingerprint density at radius 1 is 0.626 bits per heavy atom. The molecule has 0 aliphatic carbocycles. The Labute approximate surface area is 630 Å². The van der Waals surface area contributed by atoms with Crippen molar-refractivity contribution in [3.63, 3.8) is 0 Å². The molecular weight excluding hydrogens is 1320 g/mol. The number of carbonyl (C=O) groups excluding carboxylic acids is 4. The van der Waals surface area contributed by atoms with Crippen molar-refractivity contribution in [3.05, 3.63) is 159 Å². The number of nitrogens with zero attached hydrogens (tertiary/aromatic N) is 14. The quantitative estimate of drug-likeness (QED) is 0.0721. The number of piperazine rings is 3. The molecule has 9 heterocycles. The van der Waals surface area contributed by atoms with Crippen molar-refractivity contribution in [2.45, 2.75) is 72.8 Å². The Hall–Kier alpha value is -5.02. The summed E-state index contributed by atoms with van der Waals surface area (Å²) in [5.74, 6) is -1.12. The van der Waals surface area contributed by atoms with E-state index in [1.165, 1.54) is 18.2 Å². The summed E-state index contributed by atoms with van der Waals surface area (Å²) >= 11 is 23.5. The van der Waals surface area contributed by atoms with Crippen molar-refractivity contribution < 1.29 is 147 Å². The molecule has 1 N–H and O–H groups in total. The summed E-state index contributed by atoms with van der Waals surface area (Å²) in [5.41, 5.74) is 6.28. The molecule has 0 bridgehead atoms. The molecular formula is C61H66Cl4F3K2N15O6. The Morgan fingerprint density at radius 3 is 1.49 bits per heavy atom. The molecule has 3 aromatic carbocycles. The molecule has 472 valence electrons. The summed E-state index contributed by atoms with van der Waals surface area (Å²) < 4.78 is 46.0. The second-order valence-corrected chi connectivity index (χ2v) is 22.9. The maximum absolute atomic E-state index is 14.4. The van der Waals surface area contributed by atoms with E-state index in [1.807, 2.05) is 109 Å². The van der Waals surface area contributed by atoms with Crippen LogP contribution in [0.15, 0.2) is 110 Å². The van der Waals surface area contributed by atoms with Crippen LogP contribution >= 0.6 is 46.4 Å². The SMILES string of the molecule is Cc1cc(N2CCN(C(=O)CCl)[C@@H](C)C2)c(F)cc1Cl.Cc1cc(N2CCN(C(=O)Cn3cc4cccnc4n3)[C@@H](C)C2)c(F)cc1Cl.Cc1cc(N2CCN(C(=O)Cn3ncc4cccnc43)[C@@H](C)C2)c(F)cc1Cl.O=CO[O-].[H-].[K+].[K+].c1cnc2[nH]ncc2c1. The summed E-state index contributed by atoms with van der Waals surface area (Å²) in [6.07, 6.45) is 10.4. The third-order valence-electron chi connectivity index (χ3n) is 15.2. The van der Waals surface area contributed by atoms with Gasteiger partial charge in [0.2, 0.25) is 17.7 Å². The molecule has 21 nitrogen and oxygen atoms in total. The van der Waals surface area contributed by atoms with Gasteiger partial charge in [0.25, 0.3) is 6.47 Å². The van der Waals surface area contributed by atoms with Crippen LogP contribution in [0.5, 0.6) is 0 Å². The molecule has 0 saturated carbocycles. The summed E-state index contributed by atoms with van der Waals surface area (Å²) in [7, 11) is 0. The number of hydrogen-bond donors (Lipinski definition) is 1. The molecule has 3 fully saturated rings. The predicted octanol–water partition coefficient (Wildman–Crippen LogP) is 3.12. The molecule has 91 heavy (non-hydrogen) atoms. The first-order valence-corrected chi connectivity index (χ1v) is 29.9. The van der Waals surface area contributed by atoms with E-state index in [0.717, 1.165) is 38.5 Å². The number of alkyl halides is 1. The standard InChI is InChI=1S/2C20H21ClFN5O.C14H17Cl2FN2O.C6H5N3.CH2O3.2K.H/c1-13-8-18(17(22)9-16(13)21)25-6-7-26(14(2)11-25)19(28)12-27-20-15(10-24-27)4-3-5-23-20;1-13-8-18(17(22)9-16(13)21)25-6-7-27(14(2)10-25)19(28)12-26-11-15-4-3-5-23-20(15)24-26;1-9-5-13(12(17)6-11(9)16)18-3-4-19(10(2)8-18)14(20)7-15;1-2-5-4-8-9-6(5)7-3-1;2-1-4-3;;;/h3-5,8-10,14H,6-7,11-12H2,1-2H3;3-5,8-9,11,14H,6-7,10,12H2,1-2H3;5-6,10H,3-4,7-8H2,1-2H3;1-4H,(H,7,8,9);1,3H;;;/q;;;;;2*+1;-1/p-1/t2*14-;10-;;;;;/m000...../s1. The summed E-state index contributed by atoms with van der Waals surface area (Å²) in [6.45, 7) is 16.6. The van der Waals surface area contributed by atoms with Gasteiger partial charge in [0.05, 0.1) is 29.5 Å². The average molecular weight is 1380 g/mol. The molecule has 3 amide bonds. The second kappa shape index (κ2) is 35.5. The van der Waals surface area contributed by atoms with Crippen LogP contribution in [0.1, 0.15) is 38.9 Å². The minimum absolute atomic E-state index is 0. The molecule has 0 radical (unpaired) electrons. The van der Waals surface area contributed by atoms with Crippen LogP contribution in [-0.4, -0.2) is 167 Å². The molecule has 6 aromatic heterocycles. The number of benzene rings is 3. The largest absolute Gasteiger partial charge is 1.00 e. The zero-order valence-corrected chi connectivity index (χ0v) is 60.8. The molecule has 3 aliphatic rings. The minimum atomic E-state index is -0.336. The van der Waals surface area contributed by atoms with Gasteiger partial charge in [-0.25, -0.2) is 32.8 Å². The van der Waals surface area contributed by atoms with Crippen LogP contribution in [-0.2, 0) is 37.2 Å². The van der Waals surface area contributed by atoms with Crippen LogP contribution in [0.2, 0.25) is 15.1 Å². The summed E-state index contributed by atoms with van der Waals surface area (Å²) in [4.78, 5) is 72.4. The number of rotatable bonds is 9. The zero-order chi connectivity index (χ0) is 64.1. The van der Waals surface area contributed by atoms with Gasteiger partial charge in [-0.1, -0.05) is 34.8 Å². The Bertz CT molecular complexity index is 3880. The number of halogens is 7. The van der Waals surface area contributed by atoms with E-state index in [9.17, 15) is 27.6 Å². The van der Waals surface area contributed by atoms with Crippen LogP contribution in [0.25, 0.3) is 33.1 Å². The molecule has 9 aromatic rings. The maximum atomic E-state index is 14.4. The van der Waals surface area contributed by atoms with E-state index in [4.69, 9.17) is 56.5 Å². The van der Waals surface area contributed by atoms with Gasteiger partial charge in [-0.2, -0.15) is 15.3 Å². The van der Waals surface area contributed by atoms with E-state index in [0.29, 0.717) is 102 Å². The summed E-state index contributed by atoms with van der Waals surface area (Å²) in [5, 5.41) is 27.8. The van der Waals surface area contributed by atoms with E-state index >= 15 is 0 Å². The molecule has 3 aliphatic heterocycles. The van der Waals surface area contributed by atoms with Crippen LogP contribution in [0, 0.1) is 38.2 Å². The average Bonchev–Trinajstić information content (AvgIpc) is 1.16. The molecule has 0 spiro atoms. The normalized spacial score (nSPS) is 16.2. The monoisotopic (exact) mass is 1380 g/mol. The zero-order valence-electron chi connectivity index (χ0n) is 52.5. The topological polar surface area (TPSA) is 223 Å². The van der Waals surface area contributed by atoms with Crippen molar-refractivity contribution >= 4 is 121 Å². The predicted molar refractivity (Wildman–Crippen MR) is 337 cm³/mol. The Kier molecular flexibility index (Phi) is 29.2. The minimum Gasteiger partial charge on any atom is -1.00 e. The first-order chi connectivity index (χ1) is 42.7.